The van der Waals surface area contributed by atoms with Gasteiger partial charge in [-0.15, -0.1) is 0 Å². The van der Waals surface area contributed by atoms with E-state index in [4.69, 9.17) is 0 Å². The van der Waals surface area contributed by atoms with Crippen LogP contribution in [0.4, 0.5) is 0 Å². The van der Waals surface area contributed by atoms with Crippen LogP contribution in [-0.4, -0.2) is 11.2 Å². The van der Waals surface area contributed by atoms with Crippen LogP contribution in [0, 0.1) is 10.1 Å². The molecule has 0 aliphatic heterocycles. The molecule has 0 saturated carbocycles. The smallest absolute Gasteiger partial charge is 0.272 e. The standard InChI is InChI=1S/C9H11NO3.C3H8/c1-4-8(6-11)5-9(7(2)3)10(12)13;1-3-2/h4-6H,2H2,1,3H3;3H2,1-2H3/b8-4+,9-5+;. The molecule has 0 aliphatic rings. The van der Waals surface area contributed by atoms with Gasteiger partial charge in [0.2, 0.25) is 0 Å². The Labute approximate surface area is 96.5 Å². The van der Waals surface area contributed by atoms with Crippen molar-refractivity contribution in [2.45, 2.75) is 34.1 Å². The maximum absolute atomic E-state index is 10.4. The van der Waals surface area contributed by atoms with Gasteiger partial charge in [0.1, 0.15) is 6.29 Å². The van der Waals surface area contributed by atoms with E-state index < -0.39 is 4.92 Å². The molecule has 0 radical (unpaired) electrons. The molecular formula is C12H19NO3. The second-order valence-corrected chi connectivity index (χ2v) is 3.18. The lowest BCUT2D eigenvalue weighted by atomic mass is 10.1. The number of nitro groups is 1. The van der Waals surface area contributed by atoms with Crippen LogP contribution in [0.3, 0.4) is 0 Å². The molecule has 4 nitrogen and oxygen atoms in total. The number of nitrogens with zero attached hydrogens (tertiary/aromatic N) is 1. The fourth-order valence-corrected chi connectivity index (χ4v) is 0.675. The largest absolute Gasteiger partial charge is 0.298 e. The summed E-state index contributed by atoms with van der Waals surface area (Å²) in [5.74, 6) is 0. The molecule has 0 heterocycles. The van der Waals surface area contributed by atoms with Crippen LogP contribution < -0.4 is 0 Å². The van der Waals surface area contributed by atoms with Gasteiger partial charge in [-0.3, -0.25) is 14.9 Å². The van der Waals surface area contributed by atoms with E-state index in [1.54, 1.807) is 6.92 Å². The molecule has 0 bridgehead atoms. The molecular weight excluding hydrogens is 206 g/mol. The monoisotopic (exact) mass is 225 g/mol. The van der Waals surface area contributed by atoms with Gasteiger partial charge in [0.05, 0.1) is 4.92 Å². The Hall–Kier alpha value is -1.71. The van der Waals surface area contributed by atoms with Gasteiger partial charge in [-0.2, -0.15) is 0 Å². The van der Waals surface area contributed by atoms with Crippen LogP contribution in [0.1, 0.15) is 34.1 Å². The molecule has 0 atom stereocenters. The van der Waals surface area contributed by atoms with Crippen molar-refractivity contribution in [1.29, 1.82) is 0 Å². The van der Waals surface area contributed by atoms with E-state index in [-0.39, 0.29) is 11.3 Å². The van der Waals surface area contributed by atoms with Crippen molar-refractivity contribution in [1.82, 2.24) is 0 Å². The highest BCUT2D eigenvalue weighted by Crippen LogP contribution is 2.09. The Morgan fingerprint density at radius 3 is 2.06 bits per heavy atom. The Bertz CT molecular complexity index is 298. The third-order valence-corrected chi connectivity index (χ3v) is 1.41. The normalized spacial score (nSPS) is 11.2. The van der Waals surface area contributed by atoms with E-state index in [0.717, 1.165) is 0 Å². The number of carbonyl (C=O) groups is 1. The first-order valence-corrected chi connectivity index (χ1v) is 5.07. The van der Waals surface area contributed by atoms with Gasteiger partial charge in [-0.25, -0.2) is 0 Å². The summed E-state index contributed by atoms with van der Waals surface area (Å²) in [5.41, 5.74) is 0.459. The molecule has 0 aromatic heterocycles. The van der Waals surface area contributed by atoms with E-state index >= 15 is 0 Å². The van der Waals surface area contributed by atoms with Crippen LogP contribution in [0.15, 0.2) is 35.6 Å². The minimum atomic E-state index is -0.560. The second kappa shape index (κ2) is 9.83. The molecule has 0 aromatic carbocycles. The molecule has 90 valence electrons. The van der Waals surface area contributed by atoms with Gasteiger partial charge in [0.25, 0.3) is 5.70 Å². The third-order valence-electron chi connectivity index (χ3n) is 1.41. The van der Waals surface area contributed by atoms with Crippen LogP contribution in [0.25, 0.3) is 0 Å². The van der Waals surface area contributed by atoms with E-state index in [0.29, 0.717) is 11.9 Å². The van der Waals surface area contributed by atoms with Crippen molar-refractivity contribution in [3.63, 3.8) is 0 Å². The van der Waals surface area contributed by atoms with Crippen LogP contribution in [0.2, 0.25) is 0 Å². The fraction of sp³-hybridized carbons (Fsp3) is 0.417. The van der Waals surface area contributed by atoms with E-state index in [2.05, 4.69) is 20.4 Å². The van der Waals surface area contributed by atoms with Crippen molar-refractivity contribution >= 4 is 6.29 Å². The first-order valence-electron chi connectivity index (χ1n) is 5.07. The predicted octanol–water partition coefficient (Wildman–Crippen LogP) is 3.28. The summed E-state index contributed by atoms with van der Waals surface area (Å²) in [6.45, 7) is 10.9. The first kappa shape index (κ1) is 16.7. The fourth-order valence-electron chi connectivity index (χ4n) is 0.675. The van der Waals surface area contributed by atoms with Gasteiger partial charge < -0.3 is 0 Å². The summed E-state index contributed by atoms with van der Waals surface area (Å²) < 4.78 is 0. The zero-order chi connectivity index (χ0) is 13.1. The predicted molar refractivity (Wildman–Crippen MR) is 65.7 cm³/mol. The quantitative estimate of drug-likeness (QED) is 0.242. The molecule has 0 unspecified atom stereocenters. The molecule has 0 aromatic rings. The van der Waals surface area contributed by atoms with Crippen molar-refractivity contribution in [2.75, 3.05) is 0 Å². The molecule has 4 heteroatoms. The van der Waals surface area contributed by atoms with E-state index in [9.17, 15) is 14.9 Å². The SMILES string of the molecule is C=C(C)/C(=C\C(C=O)=C/C)[N+](=O)[O-].CCC. The Morgan fingerprint density at radius 2 is 1.88 bits per heavy atom. The van der Waals surface area contributed by atoms with Crippen LogP contribution in [0.5, 0.6) is 0 Å². The molecule has 0 rings (SSSR count). The summed E-state index contributed by atoms with van der Waals surface area (Å²) >= 11 is 0. The summed E-state index contributed by atoms with van der Waals surface area (Å²) in [6.07, 6.45) is 4.52. The molecule has 0 fully saturated rings. The molecule has 0 N–H and O–H groups in total. The van der Waals surface area contributed by atoms with Crippen LogP contribution in [-0.2, 0) is 4.79 Å². The lowest BCUT2D eigenvalue weighted by molar-refractivity contribution is -0.420. The van der Waals surface area contributed by atoms with E-state index in [1.165, 1.54) is 25.5 Å². The third kappa shape index (κ3) is 7.67. The number of aldehydes is 1. The Balaban J connectivity index is 0. The van der Waals surface area contributed by atoms with Crippen molar-refractivity contribution in [3.8, 4) is 0 Å². The average molecular weight is 225 g/mol. The average Bonchev–Trinajstić information content (AvgIpc) is 2.19. The minimum absolute atomic E-state index is 0.139. The maximum Gasteiger partial charge on any atom is 0.272 e. The van der Waals surface area contributed by atoms with Gasteiger partial charge in [-0.05, 0) is 13.8 Å². The topological polar surface area (TPSA) is 60.2 Å². The summed E-state index contributed by atoms with van der Waals surface area (Å²) in [5, 5.41) is 10.4. The first-order chi connectivity index (χ1) is 7.44. The minimum Gasteiger partial charge on any atom is -0.298 e. The van der Waals surface area contributed by atoms with E-state index in [1.807, 2.05) is 0 Å². The van der Waals surface area contributed by atoms with Crippen molar-refractivity contribution in [2.24, 2.45) is 0 Å². The highest BCUT2D eigenvalue weighted by Gasteiger charge is 2.11. The summed E-state index contributed by atoms with van der Waals surface area (Å²) in [4.78, 5) is 20.2. The Kier molecular flexibility index (Phi) is 10.3. The van der Waals surface area contributed by atoms with Gasteiger partial charge in [0.15, 0.2) is 0 Å². The maximum atomic E-state index is 10.4. The second-order valence-electron chi connectivity index (χ2n) is 3.18. The summed E-state index contributed by atoms with van der Waals surface area (Å²) in [6, 6.07) is 0. The van der Waals surface area contributed by atoms with Crippen molar-refractivity contribution < 1.29 is 9.72 Å². The number of hydrogen-bond donors (Lipinski definition) is 0. The molecule has 0 aliphatic carbocycles. The molecule has 0 spiro atoms. The van der Waals surface area contributed by atoms with Gasteiger partial charge in [0, 0.05) is 17.2 Å². The number of allylic oxidation sites excluding steroid dienone is 4. The molecule has 0 saturated heterocycles. The lowest BCUT2D eigenvalue weighted by Crippen LogP contribution is -2.00. The van der Waals surface area contributed by atoms with Gasteiger partial charge >= 0.3 is 0 Å². The highest BCUT2D eigenvalue weighted by atomic mass is 16.6. The highest BCUT2D eigenvalue weighted by molar-refractivity contribution is 5.77. The zero-order valence-electron chi connectivity index (χ0n) is 10.3. The van der Waals surface area contributed by atoms with Gasteiger partial charge in [-0.1, -0.05) is 32.9 Å². The molecule has 0 amide bonds. The number of rotatable bonds is 4. The zero-order valence-corrected chi connectivity index (χ0v) is 10.3. The number of carbonyl (C=O) groups excluding carboxylic acids is 1. The van der Waals surface area contributed by atoms with Crippen molar-refractivity contribution in [3.05, 3.63) is 45.7 Å². The lowest BCUT2D eigenvalue weighted by Gasteiger charge is -1.95. The number of hydrogen-bond acceptors (Lipinski definition) is 3. The molecule has 16 heavy (non-hydrogen) atoms. The summed E-state index contributed by atoms with van der Waals surface area (Å²) in [7, 11) is 0. The van der Waals surface area contributed by atoms with Crippen LogP contribution >= 0.6 is 0 Å². The Morgan fingerprint density at radius 1 is 1.44 bits per heavy atom.